The Kier molecular flexibility index (Phi) is 3.79. The van der Waals surface area contributed by atoms with Crippen LogP contribution in [0, 0.1) is 24.0 Å². The average Bonchev–Trinajstić information content (AvgIpc) is 2.40. The molecule has 1 N–H and O–H groups in total. The molecule has 0 fully saturated rings. The Bertz CT molecular complexity index is 641. The highest BCUT2D eigenvalue weighted by Gasteiger charge is 2.24. The Labute approximate surface area is 115 Å². The minimum Gasteiger partial charge on any atom is -0.434 e. The van der Waals surface area contributed by atoms with Gasteiger partial charge in [-0.05, 0) is 26.0 Å². The molecule has 0 radical (unpaired) electrons. The molecule has 2 rings (SSSR count). The average molecular weight is 274 g/mol. The van der Waals surface area contributed by atoms with Crippen LogP contribution in [-0.4, -0.2) is 21.9 Å². The minimum absolute atomic E-state index is 0.0734. The molecule has 0 atom stereocenters. The SMILES string of the molecule is CNc1nc(C)c([N+](=O)[O-])c(Oc2ccc(C)cc2)n1. The zero-order chi connectivity index (χ0) is 14.7. The second-order valence-electron chi connectivity index (χ2n) is 4.21. The monoisotopic (exact) mass is 274 g/mol. The molecule has 0 bridgehead atoms. The number of rotatable bonds is 4. The number of nitro groups is 1. The van der Waals surface area contributed by atoms with Gasteiger partial charge < -0.3 is 10.1 Å². The van der Waals surface area contributed by atoms with E-state index in [2.05, 4.69) is 15.3 Å². The first kappa shape index (κ1) is 13.7. The van der Waals surface area contributed by atoms with Gasteiger partial charge in [-0.1, -0.05) is 17.7 Å². The molecule has 1 aromatic carbocycles. The molecule has 1 heterocycles. The fourth-order valence-electron chi connectivity index (χ4n) is 1.65. The van der Waals surface area contributed by atoms with E-state index < -0.39 is 4.92 Å². The second-order valence-corrected chi connectivity index (χ2v) is 4.21. The van der Waals surface area contributed by atoms with E-state index >= 15 is 0 Å². The second kappa shape index (κ2) is 5.52. The van der Waals surface area contributed by atoms with Crippen LogP contribution in [-0.2, 0) is 0 Å². The van der Waals surface area contributed by atoms with Crippen molar-refractivity contribution >= 4 is 11.6 Å². The van der Waals surface area contributed by atoms with E-state index in [0.29, 0.717) is 5.75 Å². The third-order valence-corrected chi connectivity index (χ3v) is 2.67. The Morgan fingerprint density at radius 2 is 1.85 bits per heavy atom. The summed E-state index contributed by atoms with van der Waals surface area (Å²) in [7, 11) is 1.64. The number of anilines is 1. The predicted octanol–water partition coefficient (Wildman–Crippen LogP) is 2.84. The topological polar surface area (TPSA) is 90.2 Å². The van der Waals surface area contributed by atoms with Gasteiger partial charge in [0, 0.05) is 7.05 Å². The van der Waals surface area contributed by atoms with Crippen LogP contribution in [0.5, 0.6) is 11.6 Å². The van der Waals surface area contributed by atoms with Gasteiger partial charge in [0.15, 0.2) is 0 Å². The molecule has 7 nitrogen and oxygen atoms in total. The van der Waals surface area contributed by atoms with Crippen molar-refractivity contribution < 1.29 is 9.66 Å². The van der Waals surface area contributed by atoms with Gasteiger partial charge in [-0.3, -0.25) is 10.1 Å². The molecule has 0 aliphatic heterocycles. The van der Waals surface area contributed by atoms with Crippen molar-refractivity contribution in [2.24, 2.45) is 0 Å². The maximum Gasteiger partial charge on any atom is 0.352 e. The number of aryl methyl sites for hydroxylation is 2. The summed E-state index contributed by atoms with van der Waals surface area (Å²) in [6.07, 6.45) is 0. The summed E-state index contributed by atoms with van der Waals surface area (Å²) >= 11 is 0. The van der Waals surface area contributed by atoms with Gasteiger partial charge in [0.2, 0.25) is 5.95 Å². The fourth-order valence-corrected chi connectivity index (χ4v) is 1.65. The molecule has 20 heavy (non-hydrogen) atoms. The van der Waals surface area contributed by atoms with E-state index in [4.69, 9.17) is 4.74 Å². The van der Waals surface area contributed by atoms with Crippen molar-refractivity contribution in [3.63, 3.8) is 0 Å². The number of benzene rings is 1. The van der Waals surface area contributed by atoms with E-state index in [1.54, 1.807) is 26.1 Å². The molecule has 0 amide bonds. The lowest BCUT2D eigenvalue weighted by atomic mass is 10.2. The van der Waals surface area contributed by atoms with Crippen molar-refractivity contribution in [2.45, 2.75) is 13.8 Å². The number of nitrogens with one attached hydrogen (secondary N) is 1. The maximum absolute atomic E-state index is 11.1. The summed E-state index contributed by atoms with van der Waals surface area (Å²) in [4.78, 5) is 18.6. The lowest BCUT2D eigenvalue weighted by Gasteiger charge is -2.08. The zero-order valence-corrected chi connectivity index (χ0v) is 11.4. The third kappa shape index (κ3) is 2.82. The summed E-state index contributed by atoms with van der Waals surface area (Å²) in [5.74, 6) is 0.685. The molecule has 0 unspecified atom stereocenters. The summed E-state index contributed by atoms with van der Waals surface area (Å²) in [6, 6.07) is 7.17. The number of hydrogen-bond donors (Lipinski definition) is 1. The van der Waals surface area contributed by atoms with Crippen molar-refractivity contribution in [3.8, 4) is 11.6 Å². The highest BCUT2D eigenvalue weighted by molar-refractivity contribution is 5.50. The van der Waals surface area contributed by atoms with Crippen LogP contribution in [0.3, 0.4) is 0 Å². The summed E-state index contributed by atoms with van der Waals surface area (Å²) in [5, 5.41) is 13.9. The zero-order valence-electron chi connectivity index (χ0n) is 11.4. The van der Waals surface area contributed by atoms with Crippen molar-refractivity contribution in [2.75, 3.05) is 12.4 Å². The van der Waals surface area contributed by atoms with Crippen LogP contribution in [0.25, 0.3) is 0 Å². The minimum atomic E-state index is -0.543. The maximum atomic E-state index is 11.1. The van der Waals surface area contributed by atoms with Crippen LogP contribution in [0.1, 0.15) is 11.3 Å². The Morgan fingerprint density at radius 1 is 1.20 bits per heavy atom. The van der Waals surface area contributed by atoms with E-state index in [-0.39, 0.29) is 23.2 Å². The van der Waals surface area contributed by atoms with Crippen LogP contribution in [0.4, 0.5) is 11.6 Å². The molecule has 1 aromatic heterocycles. The molecule has 0 aliphatic rings. The molecule has 7 heteroatoms. The quantitative estimate of drug-likeness (QED) is 0.681. The largest absolute Gasteiger partial charge is 0.434 e. The van der Waals surface area contributed by atoms with Crippen molar-refractivity contribution in [1.29, 1.82) is 0 Å². The van der Waals surface area contributed by atoms with Crippen LogP contribution in [0.15, 0.2) is 24.3 Å². The van der Waals surface area contributed by atoms with Gasteiger partial charge in [0.25, 0.3) is 0 Å². The smallest absolute Gasteiger partial charge is 0.352 e. The number of nitrogens with zero attached hydrogens (tertiary/aromatic N) is 3. The highest BCUT2D eigenvalue weighted by Crippen LogP contribution is 2.32. The first-order valence-corrected chi connectivity index (χ1v) is 5.96. The highest BCUT2D eigenvalue weighted by atomic mass is 16.6. The first-order valence-electron chi connectivity index (χ1n) is 5.96. The number of ether oxygens (including phenoxy) is 1. The summed E-state index contributed by atoms with van der Waals surface area (Å²) in [5.41, 5.74) is 1.09. The Morgan fingerprint density at radius 3 is 2.40 bits per heavy atom. The standard InChI is InChI=1S/C13H14N4O3/c1-8-4-6-10(7-5-8)20-12-11(17(18)19)9(2)15-13(14-3)16-12/h4-7H,1-3H3,(H,14,15,16). The van der Waals surface area contributed by atoms with Crippen LogP contribution < -0.4 is 10.1 Å². The lowest BCUT2D eigenvalue weighted by Crippen LogP contribution is -2.05. The van der Waals surface area contributed by atoms with Crippen molar-refractivity contribution in [1.82, 2.24) is 9.97 Å². The van der Waals surface area contributed by atoms with Crippen LogP contribution >= 0.6 is 0 Å². The molecule has 104 valence electrons. The van der Waals surface area contributed by atoms with Gasteiger partial charge in [-0.15, -0.1) is 0 Å². The molecule has 0 aliphatic carbocycles. The third-order valence-electron chi connectivity index (χ3n) is 2.67. The normalized spacial score (nSPS) is 10.2. The van der Waals surface area contributed by atoms with Crippen molar-refractivity contribution in [3.05, 3.63) is 45.6 Å². The molecule has 0 saturated heterocycles. The number of aromatic nitrogens is 2. The lowest BCUT2D eigenvalue weighted by molar-refractivity contribution is -0.386. The van der Waals surface area contributed by atoms with E-state index in [0.717, 1.165) is 5.56 Å². The van der Waals surface area contributed by atoms with E-state index in [9.17, 15) is 10.1 Å². The first-order chi connectivity index (χ1) is 9.51. The molecule has 0 spiro atoms. The van der Waals surface area contributed by atoms with E-state index in [1.165, 1.54) is 0 Å². The van der Waals surface area contributed by atoms with Gasteiger partial charge in [0.1, 0.15) is 11.4 Å². The van der Waals surface area contributed by atoms with Gasteiger partial charge in [-0.2, -0.15) is 4.98 Å². The van der Waals surface area contributed by atoms with Gasteiger partial charge >= 0.3 is 11.6 Å². The Balaban J connectivity index is 2.45. The molecule has 2 aromatic rings. The summed E-state index contributed by atoms with van der Waals surface area (Å²) < 4.78 is 5.52. The number of hydrogen-bond acceptors (Lipinski definition) is 6. The van der Waals surface area contributed by atoms with Gasteiger partial charge in [0.05, 0.1) is 4.92 Å². The molecule has 0 saturated carbocycles. The fraction of sp³-hybridized carbons (Fsp3) is 0.231. The van der Waals surface area contributed by atoms with Crippen LogP contribution in [0.2, 0.25) is 0 Å². The molecular weight excluding hydrogens is 260 g/mol. The van der Waals surface area contributed by atoms with Gasteiger partial charge in [-0.25, -0.2) is 4.98 Å². The summed E-state index contributed by atoms with van der Waals surface area (Å²) in [6.45, 7) is 3.49. The molecular formula is C13H14N4O3. The Hall–Kier alpha value is -2.70. The van der Waals surface area contributed by atoms with E-state index in [1.807, 2.05) is 19.1 Å². The predicted molar refractivity (Wildman–Crippen MR) is 74.2 cm³/mol.